The van der Waals surface area contributed by atoms with E-state index in [0.29, 0.717) is 30.4 Å². The van der Waals surface area contributed by atoms with Gasteiger partial charge in [-0.05, 0) is 25.0 Å². The van der Waals surface area contributed by atoms with Crippen LogP contribution < -0.4 is 0 Å². The molecule has 1 atom stereocenters. The SMILES string of the molecule is CCc1ccc(S(=O)(=O)N2CCN(C(C#N)CC)CC2)s1. The lowest BCUT2D eigenvalue weighted by atomic mass is 10.2. The van der Waals surface area contributed by atoms with Gasteiger partial charge in [-0.25, -0.2) is 8.42 Å². The zero-order chi connectivity index (χ0) is 15.5. The maximum Gasteiger partial charge on any atom is 0.252 e. The van der Waals surface area contributed by atoms with Crippen LogP contribution in [0.4, 0.5) is 0 Å². The Kier molecular flexibility index (Phi) is 5.38. The third-order valence-corrected chi connectivity index (χ3v) is 7.42. The van der Waals surface area contributed by atoms with E-state index in [1.165, 1.54) is 11.3 Å². The lowest BCUT2D eigenvalue weighted by Gasteiger charge is -2.35. The molecule has 0 amide bonds. The van der Waals surface area contributed by atoms with E-state index in [0.717, 1.165) is 17.7 Å². The molecule has 0 spiro atoms. The Hall–Kier alpha value is -0.940. The number of hydrogen-bond acceptors (Lipinski definition) is 5. The predicted molar refractivity (Wildman–Crippen MR) is 83.7 cm³/mol. The Morgan fingerprint density at radius 2 is 1.95 bits per heavy atom. The van der Waals surface area contributed by atoms with Crippen LogP contribution in [0.25, 0.3) is 0 Å². The van der Waals surface area contributed by atoms with Gasteiger partial charge < -0.3 is 0 Å². The van der Waals surface area contributed by atoms with Crippen LogP contribution in [0, 0.1) is 11.3 Å². The second kappa shape index (κ2) is 6.88. The van der Waals surface area contributed by atoms with Crippen LogP contribution >= 0.6 is 11.3 Å². The normalized spacial score (nSPS) is 19.3. The summed E-state index contributed by atoms with van der Waals surface area (Å²) in [7, 11) is -3.37. The van der Waals surface area contributed by atoms with Crippen LogP contribution in [0.3, 0.4) is 0 Å². The van der Waals surface area contributed by atoms with E-state index in [1.54, 1.807) is 10.4 Å². The van der Waals surface area contributed by atoms with Crippen LogP contribution in [0.2, 0.25) is 0 Å². The molecule has 2 rings (SSSR count). The number of hydrogen-bond donors (Lipinski definition) is 0. The molecule has 116 valence electrons. The van der Waals surface area contributed by atoms with E-state index in [-0.39, 0.29) is 6.04 Å². The fraction of sp³-hybridized carbons (Fsp3) is 0.643. The van der Waals surface area contributed by atoms with Gasteiger partial charge in [0.05, 0.1) is 12.1 Å². The van der Waals surface area contributed by atoms with Crippen LogP contribution in [0.1, 0.15) is 25.1 Å². The van der Waals surface area contributed by atoms with Crippen molar-refractivity contribution in [2.45, 2.75) is 36.9 Å². The van der Waals surface area contributed by atoms with E-state index in [1.807, 2.05) is 19.9 Å². The molecule has 1 saturated heterocycles. The third-order valence-electron chi connectivity index (χ3n) is 3.83. The Morgan fingerprint density at radius 3 is 2.43 bits per heavy atom. The highest BCUT2D eigenvalue weighted by Crippen LogP contribution is 2.26. The predicted octanol–water partition coefficient (Wildman–Crippen LogP) is 1.92. The first-order valence-corrected chi connectivity index (χ1v) is 9.51. The highest BCUT2D eigenvalue weighted by atomic mass is 32.2. The highest BCUT2D eigenvalue weighted by molar-refractivity contribution is 7.91. The molecule has 2 heterocycles. The quantitative estimate of drug-likeness (QED) is 0.829. The summed E-state index contributed by atoms with van der Waals surface area (Å²) < 4.78 is 27.1. The second-order valence-corrected chi connectivity index (χ2v) is 8.40. The van der Waals surface area contributed by atoms with Crippen molar-refractivity contribution in [1.82, 2.24) is 9.21 Å². The molecule has 1 unspecified atom stereocenters. The van der Waals surface area contributed by atoms with Crippen molar-refractivity contribution in [3.63, 3.8) is 0 Å². The topological polar surface area (TPSA) is 64.4 Å². The Balaban J connectivity index is 2.06. The van der Waals surface area contributed by atoms with Crippen LogP contribution in [0.15, 0.2) is 16.3 Å². The summed E-state index contributed by atoms with van der Waals surface area (Å²) in [6.45, 7) is 6.16. The van der Waals surface area contributed by atoms with E-state index in [4.69, 9.17) is 5.26 Å². The summed E-state index contributed by atoms with van der Waals surface area (Å²) in [4.78, 5) is 3.15. The van der Waals surface area contributed by atoms with Gasteiger partial charge in [-0.1, -0.05) is 13.8 Å². The Labute approximate surface area is 130 Å². The zero-order valence-electron chi connectivity index (χ0n) is 12.4. The molecule has 0 bridgehead atoms. The Bertz CT molecular complexity index is 610. The highest BCUT2D eigenvalue weighted by Gasteiger charge is 2.31. The first-order valence-electron chi connectivity index (χ1n) is 7.25. The van der Waals surface area contributed by atoms with Gasteiger partial charge >= 0.3 is 0 Å². The molecule has 5 nitrogen and oxygen atoms in total. The molecule has 0 aliphatic carbocycles. The number of nitriles is 1. The molecule has 0 aromatic carbocycles. The second-order valence-electron chi connectivity index (χ2n) is 5.07. The average molecular weight is 327 g/mol. The summed E-state index contributed by atoms with van der Waals surface area (Å²) in [5.41, 5.74) is 0. The van der Waals surface area contributed by atoms with Crippen molar-refractivity contribution < 1.29 is 8.42 Å². The van der Waals surface area contributed by atoms with Gasteiger partial charge in [0.15, 0.2) is 0 Å². The number of rotatable bonds is 5. The summed E-state index contributed by atoms with van der Waals surface area (Å²) in [6.07, 6.45) is 1.63. The maximum absolute atomic E-state index is 12.6. The fourth-order valence-corrected chi connectivity index (χ4v) is 5.37. The third kappa shape index (κ3) is 3.46. The molecule has 1 aromatic rings. The zero-order valence-corrected chi connectivity index (χ0v) is 14.1. The van der Waals surface area contributed by atoms with Crippen molar-refractivity contribution in [3.05, 3.63) is 17.0 Å². The lowest BCUT2D eigenvalue weighted by molar-refractivity contribution is 0.159. The number of sulfonamides is 1. The number of nitrogens with zero attached hydrogens (tertiary/aromatic N) is 3. The minimum absolute atomic E-state index is 0.108. The van der Waals surface area contributed by atoms with Crippen molar-refractivity contribution in [3.8, 4) is 6.07 Å². The van der Waals surface area contributed by atoms with Gasteiger partial charge in [0.2, 0.25) is 0 Å². The van der Waals surface area contributed by atoms with Gasteiger partial charge in [-0.2, -0.15) is 9.57 Å². The molecule has 1 aliphatic heterocycles. The molecule has 21 heavy (non-hydrogen) atoms. The van der Waals surface area contributed by atoms with Crippen LogP contribution in [-0.4, -0.2) is 49.8 Å². The molecular weight excluding hydrogens is 306 g/mol. The first kappa shape index (κ1) is 16.4. The average Bonchev–Trinajstić information content (AvgIpc) is 2.99. The Morgan fingerprint density at radius 1 is 1.29 bits per heavy atom. The molecular formula is C14H21N3O2S2. The van der Waals surface area contributed by atoms with Crippen molar-refractivity contribution >= 4 is 21.4 Å². The van der Waals surface area contributed by atoms with Gasteiger partial charge in [0, 0.05) is 31.1 Å². The van der Waals surface area contributed by atoms with Crippen molar-refractivity contribution in [1.29, 1.82) is 5.26 Å². The fourth-order valence-electron chi connectivity index (χ4n) is 2.50. The summed E-state index contributed by atoms with van der Waals surface area (Å²) >= 11 is 1.35. The van der Waals surface area contributed by atoms with Gasteiger partial charge in [-0.3, -0.25) is 4.90 Å². The number of piperazine rings is 1. The molecule has 1 aliphatic rings. The minimum atomic E-state index is -3.37. The number of aryl methyl sites for hydroxylation is 1. The van der Waals surface area contributed by atoms with E-state index in [9.17, 15) is 8.42 Å². The largest absolute Gasteiger partial charge is 0.285 e. The maximum atomic E-state index is 12.6. The smallest absolute Gasteiger partial charge is 0.252 e. The van der Waals surface area contributed by atoms with E-state index < -0.39 is 10.0 Å². The monoisotopic (exact) mass is 327 g/mol. The van der Waals surface area contributed by atoms with Gasteiger partial charge in [-0.15, -0.1) is 11.3 Å². The first-order chi connectivity index (χ1) is 10.0. The molecule has 7 heteroatoms. The summed E-state index contributed by atoms with van der Waals surface area (Å²) in [5, 5.41) is 9.09. The van der Waals surface area contributed by atoms with E-state index >= 15 is 0 Å². The molecule has 0 radical (unpaired) electrons. The standard InChI is InChI=1S/C14H21N3O2S2/c1-3-12(11-15)16-7-9-17(10-8-16)21(18,19)14-6-5-13(4-2)20-14/h5-6,12H,3-4,7-10H2,1-2H3. The van der Waals surface area contributed by atoms with Crippen LogP contribution in [-0.2, 0) is 16.4 Å². The minimum Gasteiger partial charge on any atom is -0.285 e. The molecule has 1 aromatic heterocycles. The van der Waals surface area contributed by atoms with Crippen molar-refractivity contribution in [2.75, 3.05) is 26.2 Å². The molecule has 1 fully saturated rings. The summed E-state index contributed by atoms with van der Waals surface area (Å²) in [6, 6.07) is 5.76. The van der Waals surface area contributed by atoms with Crippen LogP contribution in [0.5, 0.6) is 0 Å². The van der Waals surface area contributed by atoms with Gasteiger partial charge in [0.25, 0.3) is 10.0 Å². The number of thiophene rings is 1. The summed E-state index contributed by atoms with van der Waals surface area (Å²) in [5.74, 6) is 0. The molecule has 0 saturated carbocycles. The van der Waals surface area contributed by atoms with Gasteiger partial charge in [0.1, 0.15) is 4.21 Å². The molecule has 0 N–H and O–H groups in total. The van der Waals surface area contributed by atoms with Crippen molar-refractivity contribution in [2.24, 2.45) is 0 Å². The lowest BCUT2D eigenvalue weighted by Crippen LogP contribution is -2.51. The van der Waals surface area contributed by atoms with E-state index in [2.05, 4.69) is 11.0 Å².